The molecule has 146 valence electrons. The Labute approximate surface area is 160 Å². The molecular weight excluding hydrogens is 367 g/mol. The molecule has 0 aliphatic heterocycles. The van der Waals surface area contributed by atoms with Crippen molar-refractivity contribution in [1.29, 1.82) is 0 Å². The van der Waals surface area contributed by atoms with Crippen molar-refractivity contribution in [2.45, 2.75) is 27.2 Å². The second-order valence-corrected chi connectivity index (χ2v) is 8.65. The van der Waals surface area contributed by atoms with Crippen LogP contribution in [0.4, 0.5) is 10.1 Å². The van der Waals surface area contributed by atoms with Gasteiger partial charge in [0.15, 0.2) is 0 Å². The van der Waals surface area contributed by atoms with Crippen molar-refractivity contribution in [1.82, 2.24) is 5.32 Å². The van der Waals surface area contributed by atoms with Crippen molar-refractivity contribution in [3.8, 4) is 0 Å². The average molecular weight is 392 g/mol. The Morgan fingerprint density at radius 1 is 1.11 bits per heavy atom. The van der Waals surface area contributed by atoms with Crippen molar-refractivity contribution < 1.29 is 17.6 Å². The lowest BCUT2D eigenvalue weighted by molar-refractivity contribution is -0.120. The quantitative estimate of drug-likeness (QED) is 0.788. The van der Waals surface area contributed by atoms with E-state index < -0.39 is 15.8 Å². The Morgan fingerprint density at radius 2 is 1.74 bits per heavy atom. The van der Waals surface area contributed by atoms with Gasteiger partial charge in [-0.05, 0) is 49.6 Å². The van der Waals surface area contributed by atoms with Gasteiger partial charge in [0.05, 0.1) is 24.9 Å². The highest BCUT2D eigenvalue weighted by molar-refractivity contribution is 7.92. The number of anilines is 1. The standard InChI is InChI=1S/C20H25FN2O3S/c1-14-10-15(2)20(16(3)11-14)23(27(4,25)26)9-8-22-19(24)13-17-6-5-7-18(21)12-17/h5-7,10-12H,8-9,13H2,1-4H3,(H,22,24). The number of nitrogens with one attached hydrogen (secondary N) is 1. The highest BCUT2D eigenvalue weighted by Gasteiger charge is 2.21. The molecule has 1 amide bonds. The molecule has 0 bridgehead atoms. The lowest BCUT2D eigenvalue weighted by Crippen LogP contribution is -2.39. The second kappa shape index (κ2) is 8.52. The monoisotopic (exact) mass is 392 g/mol. The molecular formula is C20H25FN2O3S. The summed E-state index contributed by atoms with van der Waals surface area (Å²) in [7, 11) is -3.51. The Bertz CT molecular complexity index is 919. The number of hydrogen-bond acceptors (Lipinski definition) is 3. The number of halogens is 1. The molecule has 2 aromatic rings. The largest absolute Gasteiger partial charge is 0.354 e. The molecule has 1 N–H and O–H groups in total. The third kappa shape index (κ3) is 5.79. The molecule has 0 aliphatic carbocycles. The van der Waals surface area contributed by atoms with Gasteiger partial charge < -0.3 is 5.32 Å². The first-order chi connectivity index (χ1) is 12.6. The summed E-state index contributed by atoms with van der Waals surface area (Å²) >= 11 is 0. The number of carbonyl (C=O) groups excluding carboxylic acids is 1. The van der Waals surface area contributed by atoms with Crippen LogP contribution >= 0.6 is 0 Å². The summed E-state index contributed by atoms with van der Waals surface area (Å²) in [4.78, 5) is 12.1. The molecule has 27 heavy (non-hydrogen) atoms. The number of aryl methyl sites for hydroxylation is 3. The van der Waals surface area contributed by atoms with E-state index in [0.29, 0.717) is 11.3 Å². The van der Waals surface area contributed by atoms with Crippen LogP contribution in [-0.4, -0.2) is 33.7 Å². The maximum atomic E-state index is 13.2. The van der Waals surface area contributed by atoms with E-state index >= 15 is 0 Å². The van der Waals surface area contributed by atoms with Crippen LogP contribution in [0.25, 0.3) is 0 Å². The molecule has 0 spiro atoms. The fraction of sp³-hybridized carbons (Fsp3) is 0.350. The minimum absolute atomic E-state index is 0.0409. The summed E-state index contributed by atoms with van der Waals surface area (Å²) in [5, 5.41) is 2.71. The van der Waals surface area contributed by atoms with E-state index in [1.807, 2.05) is 32.9 Å². The fourth-order valence-corrected chi connectivity index (χ4v) is 4.24. The first kappa shape index (κ1) is 20.9. The minimum atomic E-state index is -3.51. The van der Waals surface area contributed by atoms with Gasteiger partial charge in [-0.15, -0.1) is 0 Å². The predicted molar refractivity (Wildman–Crippen MR) is 106 cm³/mol. The molecule has 2 aromatic carbocycles. The van der Waals surface area contributed by atoms with Gasteiger partial charge in [-0.2, -0.15) is 0 Å². The SMILES string of the molecule is Cc1cc(C)c(N(CCNC(=O)Cc2cccc(F)c2)S(C)(=O)=O)c(C)c1. The number of amides is 1. The normalized spacial score (nSPS) is 11.3. The highest BCUT2D eigenvalue weighted by Crippen LogP contribution is 2.27. The fourth-order valence-electron chi connectivity index (χ4n) is 3.20. The van der Waals surface area contributed by atoms with Gasteiger partial charge in [0.25, 0.3) is 0 Å². The van der Waals surface area contributed by atoms with Gasteiger partial charge in [-0.3, -0.25) is 9.10 Å². The maximum Gasteiger partial charge on any atom is 0.232 e. The van der Waals surface area contributed by atoms with Crippen LogP contribution in [-0.2, 0) is 21.2 Å². The molecule has 0 radical (unpaired) electrons. The van der Waals surface area contributed by atoms with Gasteiger partial charge in [-0.25, -0.2) is 12.8 Å². The smallest absolute Gasteiger partial charge is 0.232 e. The summed E-state index contributed by atoms with van der Waals surface area (Å²) in [5.41, 5.74) is 4.00. The van der Waals surface area contributed by atoms with Gasteiger partial charge in [-0.1, -0.05) is 29.8 Å². The molecule has 2 rings (SSSR count). The zero-order valence-electron chi connectivity index (χ0n) is 16.0. The molecule has 0 saturated carbocycles. The summed E-state index contributed by atoms with van der Waals surface area (Å²) in [5.74, 6) is -0.680. The van der Waals surface area contributed by atoms with E-state index in [4.69, 9.17) is 0 Å². The number of hydrogen-bond donors (Lipinski definition) is 1. The predicted octanol–water partition coefficient (Wildman–Crippen LogP) is 2.88. The van der Waals surface area contributed by atoms with Crippen molar-refractivity contribution in [2.24, 2.45) is 0 Å². The van der Waals surface area contributed by atoms with Gasteiger partial charge >= 0.3 is 0 Å². The molecule has 0 unspecified atom stereocenters. The third-order valence-corrected chi connectivity index (χ3v) is 5.34. The molecule has 0 aliphatic rings. The van der Waals surface area contributed by atoms with Gasteiger partial charge in [0.2, 0.25) is 15.9 Å². The average Bonchev–Trinajstić information content (AvgIpc) is 2.51. The number of benzene rings is 2. The van der Waals surface area contributed by atoms with E-state index in [0.717, 1.165) is 22.9 Å². The van der Waals surface area contributed by atoms with Crippen LogP contribution in [0.1, 0.15) is 22.3 Å². The Morgan fingerprint density at radius 3 is 2.30 bits per heavy atom. The third-order valence-electron chi connectivity index (χ3n) is 4.18. The first-order valence-electron chi connectivity index (χ1n) is 8.64. The molecule has 0 heterocycles. The topological polar surface area (TPSA) is 66.5 Å². The first-order valence-corrected chi connectivity index (χ1v) is 10.5. The number of carbonyl (C=O) groups is 1. The van der Waals surface area contributed by atoms with Crippen LogP contribution in [0, 0.1) is 26.6 Å². The Balaban J connectivity index is 2.07. The lowest BCUT2D eigenvalue weighted by atomic mass is 10.1. The van der Waals surface area contributed by atoms with Gasteiger partial charge in [0.1, 0.15) is 5.82 Å². The maximum absolute atomic E-state index is 13.2. The molecule has 7 heteroatoms. The zero-order chi connectivity index (χ0) is 20.2. The number of nitrogens with zero attached hydrogens (tertiary/aromatic N) is 1. The summed E-state index contributed by atoms with van der Waals surface area (Å²) in [6.45, 7) is 5.99. The van der Waals surface area contributed by atoms with E-state index in [2.05, 4.69) is 5.32 Å². The second-order valence-electron chi connectivity index (χ2n) is 6.74. The lowest BCUT2D eigenvalue weighted by Gasteiger charge is -2.26. The van der Waals surface area contributed by atoms with Crippen molar-refractivity contribution in [3.63, 3.8) is 0 Å². The van der Waals surface area contributed by atoms with E-state index in [1.165, 1.54) is 16.4 Å². The summed E-state index contributed by atoms with van der Waals surface area (Å²) < 4.78 is 39.1. The minimum Gasteiger partial charge on any atom is -0.354 e. The number of rotatable bonds is 7. The van der Waals surface area contributed by atoms with Crippen LogP contribution in [0.3, 0.4) is 0 Å². The molecule has 0 fully saturated rings. The number of sulfonamides is 1. The van der Waals surface area contributed by atoms with Crippen molar-refractivity contribution >= 4 is 21.6 Å². The van der Waals surface area contributed by atoms with Crippen LogP contribution in [0.5, 0.6) is 0 Å². The van der Waals surface area contributed by atoms with Gasteiger partial charge in [0, 0.05) is 6.54 Å². The van der Waals surface area contributed by atoms with Crippen molar-refractivity contribution in [3.05, 3.63) is 64.5 Å². The molecule has 5 nitrogen and oxygen atoms in total. The van der Waals surface area contributed by atoms with Crippen LogP contribution < -0.4 is 9.62 Å². The van der Waals surface area contributed by atoms with E-state index in [1.54, 1.807) is 12.1 Å². The molecule has 0 aromatic heterocycles. The molecule has 0 saturated heterocycles. The Kier molecular flexibility index (Phi) is 6.59. The summed E-state index contributed by atoms with van der Waals surface area (Å²) in [6, 6.07) is 9.71. The van der Waals surface area contributed by atoms with E-state index in [-0.39, 0.29) is 25.4 Å². The van der Waals surface area contributed by atoms with Crippen molar-refractivity contribution in [2.75, 3.05) is 23.7 Å². The summed E-state index contributed by atoms with van der Waals surface area (Å²) in [6.07, 6.45) is 1.19. The zero-order valence-corrected chi connectivity index (χ0v) is 16.9. The molecule has 0 atom stereocenters. The van der Waals surface area contributed by atoms with Crippen LogP contribution in [0.15, 0.2) is 36.4 Å². The van der Waals surface area contributed by atoms with E-state index in [9.17, 15) is 17.6 Å². The Hall–Kier alpha value is -2.41. The highest BCUT2D eigenvalue weighted by atomic mass is 32.2. The van der Waals surface area contributed by atoms with Crippen LogP contribution in [0.2, 0.25) is 0 Å².